The lowest BCUT2D eigenvalue weighted by Crippen LogP contribution is -2.39. The van der Waals surface area contributed by atoms with Gasteiger partial charge in [-0.15, -0.1) is 11.3 Å². The van der Waals surface area contributed by atoms with E-state index in [2.05, 4.69) is 10.3 Å². The van der Waals surface area contributed by atoms with Gasteiger partial charge in [0.2, 0.25) is 5.91 Å². The average Bonchev–Trinajstić information content (AvgIpc) is 3.29. The highest BCUT2D eigenvalue weighted by Crippen LogP contribution is 2.31. The highest BCUT2D eigenvalue weighted by molar-refractivity contribution is 7.12. The van der Waals surface area contributed by atoms with E-state index in [9.17, 15) is 9.59 Å². The smallest absolute Gasteiger partial charge is 0.264 e. The summed E-state index contributed by atoms with van der Waals surface area (Å²) >= 11 is 1.61. The number of fused-ring (bicyclic) bond motifs is 1. The molecule has 0 saturated carbocycles. The van der Waals surface area contributed by atoms with E-state index in [-0.39, 0.29) is 11.8 Å². The van der Waals surface area contributed by atoms with Crippen molar-refractivity contribution in [1.29, 1.82) is 0 Å². The number of rotatable bonds is 4. The lowest BCUT2D eigenvalue weighted by molar-refractivity contribution is -0.130. The maximum absolute atomic E-state index is 13.1. The van der Waals surface area contributed by atoms with Gasteiger partial charge in [-0.3, -0.25) is 9.59 Å². The SMILES string of the molecule is O=C1CCN(C(=O)c2scc3c2CCCC3)CCN1CCN1CCCC1. The first kappa shape index (κ1) is 18.0. The van der Waals surface area contributed by atoms with E-state index in [1.807, 2.05) is 9.80 Å². The van der Waals surface area contributed by atoms with Crippen LogP contribution in [0.15, 0.2) is 5.38 Å². The van der Waals surface area contributed by atoms with Gasteiger partial charge in [0.25, 0.3) is 5.91 Å². The summed E-state index contributed by atoms with van der Waals surface area (Å²) in [5, 5.41) is 2.17. The number of hydrogen-bond acceptors (Lipinski definition) is 4. The van der Waals surface area contributed by atoms with Crippen molar-refractivity contribution in [2.45, 2.75) is 44.9 Å². The topological polar surface area (TPSA) is 43.9 Å². The molecule has 2 amide bonds. The number of carbonyl (C=O) groups is 2. The molecule has 0 spiro atoms. The van der Waals surface area contributed by atoms with Gasteiger partial charge in [-0.2, -0.15) is 0 Å². The first-order chi connectivity index (χ1) is 12.7. The number of nitrogens with zero attached hydrogens (tertiary/aromatic N) is 3. The van der Waals surface area contributed by atoms with Crippen LogP contribution in [-0.4, -0.2) is 72.3 Å². The summed E-state index contributed by atoms with van der Waals surface area (Å²) in [5.74, 6) is 0.347. The van der Waals surface area contributed by atoms with Gasteiger partial charge >= 0.3 is 0 Å². The summed E-state index contributed by atoms with van der Waals surface area (Å²) in [6, 6.07) is 0. The predicted octanol–water partition coefficient (Wildman–Crippen LogP) is 2.40. The van der Waals surface area contributed by atoms with Crippen LogP contribution in [0.25, 0.3) is 0 Å². The fourth-order valence-electron chi connectivity index (χ4n) is 4.42. The van der Waals surface area contributed by atoms with Gasteiger partial charge in [0.05, 0.1) is 4.88 Å². The van der Waals surface area contributed by atoms with Gasteiger partial charge < -0.3 is 14.7 Å². The molecular formula is C20H29N3O2S. The molecular weight excluding hydrogens is 346 g/mol. The van der Waals surface area contributed by atoms with Gasteiger partial charge in [-0.05, 0) is 68.1 Å². The van der Waals surface area contributed by atoms with Crippen LogP contribution in [0.1, 0.15) is 52.9 Å². The summed E-state index contributed by atoms with van der Waals surface area (Å²) in [7, 11) is 0. The molecule has 0 radical (unpaired) electrons. The second-order valence-corrected chi connectivity index (χ2v) is 8.63. The lowest BCUT2D eigenvalue weighted by Gasteiger charge is -2.24. The zero-order valence-electron chi connectivity index (χ0n) is 15.5. The molecule has 5 nitrogen and oxygen atoms in total. The van der Waals surface area contributed by atoms with Gasteiger partial charge in [0.15, 0.2) is 0 Å². The van der Waals surface area contributed by atoms with Crippen molar-refractivity contribution in [3.05, 3.63) is 21.4 Å². The van der Waals surface area contributed by atoms with Crippen LogP contribution in [0.3, 0.4) is 0 Å². The molecule has 0 aromatic carbocycles. The Kier molecular flexibility index (Phi) is 5.60. The molecule has 0 N–H and O–H groups in total. The van der Waals surface area contributed by atoms with Crippen LogP contribution in [0, 0.1) is 0 Å². The van der Waals surface area contributed by atoms with Gasteiger partial charge in [0.1, 0.15) is 0 Å². The number of likely N-dealkylation sites (tertiary alicyclic amines) is 1. The van der Waals surface area contributed by atoms with Gasteiger partial charge in [-0.1, -0.05) is 0 Å². The second kappa shape index (κ2) is 8.09. The van der Waals surface area contributed by atoms with E-state index < -0.39 is 0 Å². The van der Waals surface area contributed by atoms with E-state index in [4.69, 9.17) is 0 Å². The molecule has 0 unspecified atom stereocenters. The molecule has 6 heteroatoms. The number of hydrogen-bond donors (Lipinski definition) is 0. The van der Waals surface area contributed by atoms with Crippen molar-refractivity contribution in [3.8, 4) is 0 Å². The molecule has 26 heavy (non-hydrogen) atoms. The summed E-state index contributed by atoms with van der Waals surface area (Å²) in [5.41, 5.74) is 2.66. The normalized spacial score (nSPS) is 21.8. The Balaban J connectivity index is 1.37. The highest BCUT2D eigenvalue weighted by Gasteiger charge is 2.28. The van der Waals surface area contributed by atoms with Crippen molar-refractivity contribution in [3.63, 3.8) is 0 Å². The zero-order valence-corrected chi connectivity index (χ0v) is 16.4. The summed E-state index contributed by atoms with van der Waals surface area (Å²) in [6.45, 7) is 5.99. The first-order valence-corrected chi connectivity index (χ1v) is 11.0. The van der Waals surface area contributed by atoms with Gasteiger partial charge in [-0.25, -0.2) is 0 Å². The van der Waals surface area contributed by atoms with E-state index in [1.54, 1.807) is 11.3 Å². The Morgan fingerprint density at radius 3 is 2.58 bits per heavy atom. The monoisotopic (exact) mass is 375 g/mol. The Hall–Kier alpha value is -1.40. The van der Waals surface area contributed by atoms with Crippen LogP contribution in [0.4, 0.5) is 0 Å². The fourth-order valence-corrected chi connectivity index (χ4v) is 5.54. The molecule has 1 aliphatic carbocycles. The number of carbonyl (C=O) groups excluding carboxylic acids is 2. The average molecular weight is 376 g/mol. The molecule has 1 aromatic heterocycles. The third kappa shape index (κ3) is 3.81. The van der Waals surface area contributed by atoms with Crippen LogP contribution < -0.4 is 0 Å². The third-order valence-electron chi connectivity index (χ3n) is 6.06. The largest absolute Gasteiger partial charge is 0.340 e. The van der Waals surface area contributed by atoms with E-state index >= 15 is 0 Å². The van der Waals surface area contributed by atoms with Crippen molar-refractivity contribution in [1.82, 2.24) is 14.7 Å². The van der Waals surface area contributed by atoms with Crippen LogP contribution >= 0.6 is 11.3 Å². The zero-order chi connectivity index (χ0) is 17.9. The van der Waals surface area contributed by atoms with Crippen molar-refractivity contribution < 1.29 is 9.59 Å². The lowest BCUT2D eigenvalue weighted by atomic mass is 9.93. The summed E-state index contributed by atoms with van der Waals surface area (Å²) in [6.07, 6.45) is 7.59. The Morgan fingerprint density at radius 1 is 0.923 bits per heavy atom. The van der Waals surface area contributed by atoms with E-state index in [0.29, 0.717) is 26.1 Å². The third-order valence-corrected chi connectivity index (χ3v) is 7.12. The minimum Gasteiger partial charge on any atom is -0.340 e. The molecule has 0 bridgehead atoms. The fraction of sp³-hybridized carbons (Fsp3) is 0.700. The predicted molar refractivity (Wildman–Crippen MR) is 104 cm³/mol. The number of amides is 2. The highest BCUT2D eigenvalue weighted by atomic mass is 32.1. The Labute approximate surface area is 159 Å². The molecule has 3 heterocycles. The quantitative estimate of drug-likeness (QED) is 0.812. The van der Waals surface area contributed by atoms with Crippen LogP contribution in [0.2, 0.25) is 0 Å². The van der Waals surface area contributed by atoms with Gasteiger partial charge in [0, 0.05) is 39.1 Å². The molecule has 2 fully saturated rings. The molecule has 2 saturated heterocycles. The molecule has 4 rings (SSSR count). The molecule has 1 aromatic rings. The minimum absolute atomic E-state index is 0.146. The van der Waals surface area contributed by atoms with Crippen LogP contribution in [0.5, 0.6) is 0 Å². The molecule has 3 aliphatic rings. The van der Waals surface area contributed by atoms with Crippen LogP contribution in [-0.2, 0) is 17.6 Å². The molecule has 0 atom stereocenters. The summed E-state index contributed by atoms with van der Waals surface area (Å²) in [4.78, 5) is 32.8. The number of thiophene rings is 1. The number of aryl methyl sites for hydroxylation is 1. The second-order valence-electron chi connectivity index (χ2n) is 7.75. The Morgan fingerprint density at radius 2 is 1.73 bits per heavy atom. The molecule has 2 aliphatic heterocycles. The first-order valence-electron chi connectivity index (χ1n) is 10.1. The summed E-state index contributed by atoms with van der Waals surface area (Å²) < 4.78 is 0. The maximum Gasteiger partial charge on any atom is 0.264 e. The Bertz CT molecular complexity index is 666. The van der Waals surface area contributed by atoms with Crippen molar-refractivity contribution >= 4 is 23.2 Å². The standard InChI is InChI=1S/C20H29N3O2S/c24-18-7-10-23(14-13-22(18)12-11-21-8-3-4-9-21)20(25)19-17-6-2-1-5-16(17)15-26-19/h15H,1-14H2. The van der Waals surface area contributed by atoms with Crippen molar-refractivity contribution in [2.24, 2.45) is 0 Å². The van der Waals surface area contributed by atoms with Crippen molar-refractivity contribution in [2.75, 3.05) is 45.8 Å². The minimum atomic E-state index is 0.146. The maximum atomic E-state index is 13.1. The molecule has 142 valence electrons. The van der Waals surface area contributed by atoms with E-state index in [0.717, 1.165) is 43.9 Å². The van der Waals surface area contributed by atoms with E-state index in [1.165, 1.54) is 36.8 Å².